The molecule has 2 aromatic carbocycles. The van der Waals surface area contributed by atoms with Crippen LogP contribution in [0.1, 0.15) is 30.5 Å². The largest absolute Gasteiger partial charge is 0.480 e. The fraction of sp³-hybridized carbons (Fsp3) is 0.240. The highest BCUT2D eigenvalue weighted by Gasteiger charge is 2.28. The van der Waals surface area contributed by atoms with E-state index in [0.29, 0.717) is 12.0 Å². The van der Waals surface area contributed by atoms with E-state index in [-0.39, 0.29) is 12.3 Å². The van der Waals surface area contributed by atoms with Crippen LogP contribution in [0.2, 0.25) is 0 Å². The van der Waals surface area contributed by atoms with E-state index < -0.39 is 24.0 Å². The number of carboxylic acids is 1. The SMILES string of the molecule is CC1=C(C(=O)NC(C)C(=O)NC(Cc2c[nH]c3ccccc23)C(=O)O)Cc2ccccc21. The van der Waals surface area contributed by atoms with Gasteiger partial charge in [-0.15, -0.1) is 0 Å². The summed E-state index contributed by atoms with van der Waals surface area (Å²) in [6, 6.07) is 13.4. The Morgan fingerprint density at radius 1 is 1.06 bits per heavy atom. The molecule has 0 spiro atoms. The van der Waals surface area contributed by atoms with Crippen LogP contribution in [0.25, 0.3) is 16.5 Å². The number of benzene rings is 2. The number of amides is 2. The summed E-state index contributed by atoms with van der Waals surface area (Å²) in [5, 5.41) is 15.8. The highest BCUT2D eigenvalue weighted by Crippen LogP contribution is 2.32. The van der Waals surface area contributed by atoms with Gasteiger partial charge in [0.25, 0.3) is 0 Å². The Labute approximate surface area is 185 Å². The van der Waals surface area contributed by atoms with Crippen molar-refractivity contribution in [2.45, 2.75) is 38.8 Å². The van der Waals surface area contributed by atoms with Crippen LogP contribution in [0.4, 0.5) is 0 Å². The fourth-order valence-electron chi connectivity index (χ4n) is 4.14. The Morgan fingerprint density at radius 3 is 2.53 bits per heavy atom. The Hall–Kier alpha value is -3.87. The molecule has 0 bridgehead atoms. The van der Waals surface area contributed by atoms with Crippen molar-refractivity contribution in [2.24, 2.45) is 0 Å². The van der Waals surface area contributed by atoms with Gasteiger partial charge in [0.2, 0.25) is 11.8 Å². The zero-order chi connectivity index (χ0) is 22.8. The van der Waals surface area contributed by atoms with Gasteiger partial charge in [0, 0.05) is 35.5 Å². The van der Waals surface area contributed by atoms with E-state index in [9.17, 15) is 19.5 Å². The van der Waals surface area contributed by atoms with Crippen molar-refractivity contribution >= 4 is 34.3 Å². The normalized spacial score (nSPS) is 14.7. The first-order valence-electron chi connectivity index (χ1n) is 10.5. The van der Waals surface area contributed by atoms with E-state index in [1.54, 1.807) is 13.1 Å². The average molecular weight is 431 g/mol. The molecule has 0 saturated heterocycles. The Balaban J connectivity index is 1.41. The van der Waals surface area contributed by atoms with Gasteiger partial charge < -0.3 is 20.7 Å². The maximum absolute atomic E-state index is 12.8. The van der Waals surface area contributed by atoms with E-state index in [2.05, 4.69) is 15.6 Å². The first-order valence-corrected chi connectivity index (χ1v) is 10.5. The van der Waals surface area contributed by atoms with E-state index >= 15 is 0 Å². The molecule has 4 N–H and O–H groups in total. The van der Waals surface area contributed by atoms with E-state index in [1.807, 2.05) is 55.5 Å². The summed E-state index contributed by atoms with van der Waals surface area (Å²) >= 11 is 0. The summed E-state index contributed by atoms with van der Waals surface area (Å²) in [6.45, 7) is 3.45. The van der Waals surface area contributed by atoms with Gasteiger partial charge in [0.15, 0.2) is 0 Å². The minimum atomic E-state index is -1.13. The average Bonchev–Trinajstić information content (AvgIpc) is 3.34. The zero-order valence-electron chi connectivity index (χ0n) is 17.9. The van der Waals surface area contributed by atoms with Crippen LogP contribution < -0.4 is 10.6 Å². The van der Waals surface area contributed by atoms with Crippen molar-refractivity contribution in [3.63, 3.8) is 0 Å². The molecule has 1 aliphatic rings. The number of hydrogen-bond donors (Lipinski definition) is 4. The number of hydrogen-bond acceptors (Lipinski definition) is 3. The van der Waals surface area contributed by atoms with Gasteiger partial charge in [-0.25, -0.2) is 4.79 Å². The third kappa shape index (κ3) is 4.14. The van der Waals surface area contributed by atoms with Gasteiger partial charge in [-0.2, -0.15) is 0 Å². The van der Waals surface area contributed by atoms with Crippen molar-refractivity contribution in [2.75, 3.05) is 0 Å². The summed E-state index contributed by atoms with van der Waals surface area (Å²) in [6.07, 6.45) is 2.40. The van der Waals surface area contributed by atoms with Crippen LogP contribution in [0.15, 0.2) is 60.3 Å². The molecule has 0 radical (unpaired) electrons. The number of aromatic amines is 1. The van der Waals surface area contributed by atoms with Crippen LogP contribution in [-0.4, -0.2) is 40.0 Å². The van der Waals surface area contributed by atoms with Gasteiger partial charge in [-0.05, 0) is 42.2 Å². The highest BCUT2D eigenvalue weighted by molar-refractivity contribution is 6.05. The Kier molecular flexibility index (Phi) is 5.81. The number of allylic oxidation sites excluding steroid dienone is 1. The van der Waals surface area contributed by atoms with E-state index in [4.69, 9.17) is 0 Å². The molecule has 0 saturated carbocycles. The molecule has 7 nitrogen and oxygen atoms in total. The number of fused-ring (bicyclic) bond motifs is 2. The molecule has 2 atom stereocenters. The Bertz CT molecular complexity index is 1240. The second-order valence-electron chi connectivity index (χ2n) is 8.10. The number of nitrogens with one attached hydrogen (secondary N) is 3. The maximum atomic E-state index is 12.8. The van der Waals surface area contributed by atoms with Crippen molar-refractivity contribution in [3.8, 4) is 0 Å². The second kappa shape index (κ2) is 8.70. The van der Waals surface area contributed by atoms with Crippen LogP contribution >= 0.6 is 0 Å². The minimum absolute atomic E-state index is 0.130. The lowest BCUT2D eigenvalue weighted by atomic mass is 10.0. The van der Waals surface area contributed by atoms with Gasteiger partial charge in [-0.3, -0.25) is 9.59 Å². The molecule has 7 heteroatoms. The second-order valence-corrected chi connectivity index (χ2v) is 8.10. The molecular formula is C25H25N3O4. The van der Waals surface area contributed by atoms with Crippen LogP contribution in [-0.2, 0) is 27.2 Å². The minimum Gasteiger partial charge on any atom is -0.480 e. The van der Waals surface area contributed by atoms with Gasteiger partial charge in [0.1, 0.15) is 12.1 Å². The standard InChI is InChI=1S/C25H25N3O4/c1-14-18-8-4-3-7-16(18)11-20(14)24(30)27-15(2)23(29)28-22(25(31)32)12-17-13-26-21-10-6-5-9-19(17)21/h3-10,13,15,22,26H,11-12H2,1-2H3,(H,27,30)(H,28,29)(H,31,32). The molecular weight excluding hydrogens is 406 g/mol. The number of H-pyrrole nitrogens is 1. The first kappa shape index (κ1) is 21.4. The lowest BCUT2D eigenvalue weighted by Crippen LogP contribution is -2.51. The summed E-state index contributed by atoms with van der Waals surface area (Å²) in [5.41, 5.74) is 5.35. The molecule has 0 aliphatic heterocycles. The lowest BCUT2D eigenvalue weighted by molar-refractivity contribution is -0.142. The van der Waals surface area contributed by atoms with E-state index in [1.165, 1.54) is 0 Å². The summed E-state index contributed by atoms with van der Waals surface area (Å²) in [4.78, 5) is 40.4. The third-order valence-electron chi connectivity index (χ3n) is 5.97. The molecule has 2 amide bonds. The van der Waals surface area contributed by atoms with Gasteiger partial charge in [-0.1, -0.05) is 42.5 Å². The third-order valence-corrected chi connectivity index (χ3v) is 5.97. The number of aliphatic carboxylic acids is 1. The molecule has 1 heterocycles. The summed E-state index contributed by atoms with van der Waals surface area (Å²) in [5.74, 6) is -1.99. The number of aromatic nitrogens is 1. The molecule has 2 unspecified atom stereocenters. The Morgan fingerprint density at radius 2 is 1.78 bits per heavy atom. The van der Waals surface area contributed by atoms with Crippen molar-refractivity contribution in [3.05, 3.63) is 77.0 Å². The van der Waals surface area contributed by atoms with Crippen LogP contribution in [0.3, 0.4) is 0 Å². The van der Waals surface area contributed by atoms with Gasteiger partial charge in [0.05, 0.1) is 0 Å². The number of rotatable bonds is 7. The molecule has 164 valence electrons. The van der Waals surface area contributed by atoms with Crippen molar-refractivity contribution < 1.29 is 19.5 Å². The summed E-state index contributed by atoms with van der Waals surface area (Å²) in [7, 11) is 0. The zero-order valence-corrected chi connectivity index (χ0v) is 17.9. The topological polar surface area (TPSA) is 111 Å². The fourth-order valence-corrected chi connectivity index (χ4v) is 4.14. The van der Waals surface area contributed by atoms with Crippen molar-refractivity contribution in [1.82, 2.24) is 15.6 Å². The highest BCUT2D eigenvalue weighted by atomic mass is 16.4. The molecule has 1 aliphatic carbocycles. The molecule has 0 fully saturated rings. The molecule has 4 rings (SSSR count). The van der Waals surface area contributed by atoms with E-state index in [0.717, 1.165) is 33.2 Å². The van der Waals surface area contributed by atoms with Crippen LogP contribution in [0, 0.1) is 0 Å². The van der Waals surface area contributed by atoms with Crippen LogP contribution in [0.5, 0.6) is 0 Å². The number of carbonyl (C=O) groups excluding carboxylic acids is 2. The number of carboxylic acid groups (broad SMARTS) is 1. The maximum Gasteiger partial charge on any atom is 0.326 e. The summed E-state index contributed by atoms with van der Waals surface area (Å²) < 4.78 is 0. The monoisotopic (exact) mass is 431 g/mol. The first-order chi connectivity index (χ1) is 15.3. The number of carbonyl (C=O) groups is 3. The quantitative estimate of drug-likeness (QED) is 0.461. The lowest BCUT2D eigenvalue weighted by Gasteiger charge is -2.19. The number of para-hydroxylation sites is 1. The smallest absolute Gasteiger partial charge is 0.326 e. The van der Waals surface area contributed by atoms with Crippen molar-refractivity contribution in [1.29, 1.82) is 0 Å². The molecule has 32 heavy (non-hydrogen) atoms. The molecule has 1 aromatic heterocycles. The predicted octanol–water partition coefficient (Wildman–Crippen LogP) is 2.81. The molecule has 3 aromatic rings. The van der Waals surface area contributed by atoms with Gasteiger partial charge >= 0.3 is 5.97 Å². The predicted molar refractivity (Wildman–Crippen MR) is 122 cm³/mol.